The molecule has 1 aliphatic carbocycles. The number of hydrogen-bond acceptors (Lipinski definition) is 5. The number of nitrogens with zero attached hydrogens (tertiary/aromatic N) is 4. The van der Waals surface area contributed by atoms with Crippen molar-refractivity contribution in [3.8, 4) is 16.9 Å². The van der Waals surface area contributed by atoms with Gasteiger partial charge in [0.2, 0.25) is 5.91 Å². The van der Waals surface area contributed by atoms with Crippen LogP contribution in [-0.2, 0) is 17.6 Å². The Balaban J connectivity index is 1.47. The number of rotatable bonds is 6. The zero-order valence-electron chi connectivity index (χ0n) is 21.0. The summed E-state index contributed by atoms with van der Waals surface area (Å²) >= 11 is 8.42. The second-order valence-corrected chi connectivity index (χ2v) is 11.4. The van der Waals surface area contributed by atoms with E-state index in [1.807, 2.05) is 21.7 Å². The van der Waals surface area contributed by atoms with E-state index in [9.17, 15) is 9.59 Å². The van der Waals surface area contributed by atoms with Gasteiger partial charge in [-0.1, -0.05) is 25.4 Å². The number of piperazine rings is 1. The molecule has 190 valence electrons. The van der Waals surface area contributed by atoms with Crippen molar-refractivity contribution in [3.63, 3.8) is 0 Å². The highest BCUT2D eigenvalue weighted by atomic mass is 35.5. The number of nitrogens with one attached hydrogen (secondary N) is 1. The van der Waals surface area contributed by atoms with Crippen LogP contribution >= 0.6 is 22.9 Å². The molecule has 1 aliphatic heterocycles. The number of thiophene rings is 1. The second kappa shape index (κ2) is 10.4. The minimum Gasteiger partial charge on any atom is -0.335 e. The maximum atomic E-state index is 13.8. The first-order valence-electron chi connectivity index (χ1n) is 12.6. The minimum atomic E-state index is -0.157. The fraction of sp³-hybridized carbons (Fsp3) is 0.444. The van der Waals surface area contributed by atoms with E-state index < -0.39 is 0 Å². The lowest BCUT2D eigenvalue weighted by Crippen LogP contribution is -2.49. The van der Waals surface area contributed by atoms with Crippen LogP contribution in [0.1, 0.15) is 48.1 Å². The lowest BCUT2D eigenvalue weighted by atomic mass is 9.94. The third kappa shape index (κ3) is 4.94. The van der Waals surface area contributed by atoms with Gasteiger partial charge >= 0.3 is 0 Å². The largest absolute Gasteiger partial charge is 0.335 e. The Kier molecular flexibility index (Phi) is 7.19. The van der Waals surface area contributed by atoms with Gasteiger partial charge < -0.3 is 10.2 Å². The lowest BCUT2D eigenvalue weighted by Gasteiger charge is -2.34. The number of aryl methyl sites for hydroxylation is 1. The van der Waals surface area contributed by atoms with Crippen LogP contribution in [0, 0.1) is 5.92 Å². The van der Waals surface area contributed by atoms with E-state index in [4.69, 9.17) is 16.7 Å². The second-order valence-electron chi connectivity index (χ2n) is 10.0. The van der Waals surface area contributed by atoms with Gasteiger partial charge in [0.25, 0.3) is 5.91 Å². The average molecular weight is 526 g/mol. The van der Waals surface area contributed by atoms with E-state index in [-0.39, 0.29) is 11.8 Å². The molecule has 36 heavy (non-hydrogen) atoms. The predicted molar refractivity (Wildman–Crippen MR) is 145 cm³/mol. The van der Waals surface area contributed by atoms with Crippen LogP contribution in [0.5, 0.6) is 0 Å². The Morgan fingerprint density at radius 3 is 2.61 bits per heavy atom. The standard InChI is InChI=1S/C27H32ClN5O2S/c1-17(2)8-10-31-11-13-32(14-12-31)27(35)25-21-5-7-24-20(9-15-36-24)26(21)33(30-25)23-6-4-19(16-22(23)28)29-18(3)34/h4,6,9,15-17H,5,7-8,10-14H2,1-3H3,(H,29,34). The molecule has 0 bridgehead atoms. The fourth-order valence-electron chi connectivity index (χ4n) is 5.02. The summed E-state index contributed by atoms with van der Waals surface area (Å²) in [7, 11) is 0. The number of aromatic nitrogens is 2. The quantitative estimate of drug-likeness (QED) is 0.485. The first-order chi connectivity index (χ1) is 17.3. The van der Waals surface area contributed by atoms with Gasteiger partial charge in [-0.25, -0.2) is 4.68 Å². The summed E-state index contributed by atoms with van der Waals surface area (Å²) < 4.78 is 1.83. The molecule has 5 rings (SSSR count). The summed E-state index contributed by atoms with van der Waals surface area (Å²) in [5.74, 6) is 0.523. The molecule has 0 radical (unpaired) electrons. The molecule has 3 heterocycles. The molecule has 1 saturated heterocycles. The highest BCUT2D eigenvalue weighted by molar-refractivity contribution is 7.10. The lowest BCUT2D eigenvalue weighted by molar-refractivity contribution is -0.114. The number of halogens is 1. The summed E-state index contributed by atoms with van der Waals surface area (Å²) in [4.78, 5) is 30.9. The van der Waals surface area contributed by atoms with Crippen LogP contribution in [-0.4, -0.2) is 64.1 Å². The Labute approximate surface area is 221 Å². The predicted octanol–water partition coefficient (Wildman–Crippen LogP) is 5.12. The van der Waals surface area contributed by atoms with E-state index in [1.165, 1.54) is 18.2 Å². The fourth-order valence-corrected chi connectivity index (χ4v) is 6.16. The highest BCUT2D eigenvalue weighted by Gasteiger charge is 2.33. The zero-order chi connectivity index (χ0) is 25.4. The molecule has 9 heteroatoms. The van der Waals surface area contributed by atoms with Crippen LogP contribution in [0.15, 0.2) is 29.6 Å². The monoisotopic (exact) mass is 525 g/mol. The van der Waals surface area contributed by atoms with Gasteiger partial charge in [-0.3, -0.25) is 14.5 Å². The smallest absolute Gasteiger partial charge is 0.274 e. The molecule has 2 aromatic heterocycles. The average Bonchev–Trinajstić information content (AvgIpc) is 3.47. The molecule has 2 amide bonds. The van der Waals surface area contributed by atoms with Crippen molar-refractivity contribution >= 4 is 40.4 Å². The van der Waals surface area contributed by atoms with Gasteiger partial charge in [0.15, 0.2) is 5.69 Å². The molecule has 1 aromatic carbocycles. The van der Waals surface area contributed by atoms with E-state index in [0.29, 0.717) is 41.1 Å². The maximum Gasteiger partial charge on any atom is 0.274 e. The summed E-state index contributed by atoms with van der Waals surface area (Å²) in [5.41, 5.74) is 4.91. The Hall–Kier alpha value is -2.68. The molecule has 0 unspecified atom stereocenters. The molecular formula is C27H32ClN5O2S. The van der Waals surface area contributed by atoms with E-state index in [1.54, 1.807) is 17.4 Å². The minimum absolute atomic E-state index is 0.00169. The summed E-state index contributed by atoms with van der Waals surface area (Å²) in [6.07, 6.45) is 2.86. The zero-order valence-corrected chi connectivity index (χ0v) is 22.6. The molecule has 3 aromatic rings. The number of amides is 2. The third-order valence-electron chi connectivity index (χ3n) is 6.97. The van der Waals surface area contributed by atoms with Crippen LogP contribution in [0.2, 0.25) is 5.02 Å². The van der Waals surface area contributed by atoms with Crippen LogP contribution in [0.4, 0.5) is 5.69 Å². The molecule has 0 spiro atoms. The van der Waals surface area contributed by atoms with E-state index in [2.05, 4.69) is 35.5 Å². The Morgan fingerprint density at radius 2 is 1.92 bits per heavy atom. The van der Waals surface area contributed by atoms with Crippen LogP contribution < -0.4 is 5.32 Å². The summed E-state index contributed by atoms with van der Waals surface area (Å²) in [6, 6.07) is 7.49. The summed E-state index contributed by atoms with van der Waals surface area (Å²) in [6.45, 7) is 10.3. The van der Waals surface area contributed by atoms with Crippen molar-refractivity contribution in [2.75, 3.05) is 38.0 Å². The van der Waals surface area contributed by atoms with Gasteiger partial charge in [-0.2, -0.15) is 5.10 Å². The molecule has 7 nitrogen and oxygen atoms in total. The van der Waals surface area contributed by atoms with Crippen molar-refractivity contribution < 1.29 is 9.59 Å². The number of carbonyl (C=O) groups is 2. The van der Waals surface area contributed by atoms with Crippen LogP contribution in [0.3, 0.4) is 0 Å². The molecule has 0 saturated carbocycles. The van der Waals surface area contributed by atoms with Crippen molar-refractivity contribution in [1.29, 1.82) is 0 Å². The molecular weight excluding hydrogens is 494 g/mol. The number of anilines is 1. The number of fused-ring (bicyclic) bond motifs is 3. The van der Waals surface area contributed by atoms with Crippen molar-refractivity contribution in [3.05, 3.63) is 50.8 Å². The number of carbonyl (C=O) groups excluding carboxylic acids is 2. The summed E-state index contributed by atoms with van der Waals surface area (Å²) in [5, 5.41) is 10.2. The molecule has 1 fully saturated rings. The Morgan fingerprint density at radius 1 is 1.14 bits per heavy atom. The third-order valence-corrected chi connectivity index (χ3v) is 8.25. The van der Waals surface area contributed by atoms with Gasteiger partial charge in [-0.05, 0) is 61.4 Å². The van der Waals surface area contributed by atoms with Gasteiger partial charge in [0.1, 0.15) is 0 Å². The van der Waals surface area contributed by atoms with Crippen molar-refractivity contribution in [2.24, 2.45) is 5.92 Å². The van der Waals surface area contributed by atoms with Gasteiger partial charge in [-0.15, -0.1) is 11.3 Å². The SMILES string of the molecule is CC(=O)Nc1ccc(-n2nc(C(=O)N3CCN(CCC(C)C)CC3)c3c2-c2ccsc2CC3)c(Cl)c1. The van der Waals surface area contributed by atoms with Crippen molar-refractivity contribution in [2.45, 2.75) is 40.0 Å². The first-order valence-corrected chi connectivity index (χ1v) is 13.9. The van der Waals surface area contributed by atoms with E-state index in [0.717, 1.165) is 49.3 Å². The number of benzene rings is 1. The van der Waals surface area contributed by atoms with Gasteiger partial charge in [0.05, 0.1) is 16.4 Å². The molecule has 2 aliphatic rings. The number of hydrogen-bond donors (Lipinski definition) is 1. The molecule has 0 atom stereocenters. The van der Waals surface area contributed by atoms with Crippen molar-refractivity contribution in [1.82, 2.24) is 19.6 Å². The topological polar surface area (TPSA) is 70.5 Å². The Bertz CT molecular complexity index is 1290. The highest BCUT2D eigenvalue weighted by Crippen LogP contribution is 2.41. The maximum absolute atomic E-state index is 13.8. The first kappa shape index (κ1) is 25.0. The normalized spacial score (nSPS) is 15.6. The molecule has 1 N–H and O–H groups in total. The van der Waals surface area contributed by atoms with Gasteiger partial charge in [0, 0.05) is 54.8 Å². The van der Waals surface area contributed by atoms with Crippen LogP contribution in [0.25, 0.3) is 16.9 Å². The van der Waals surface area contributed by atoms with E-state index >= 15 is 0 Å².